The average molecular weight is 281 g/mol. The fraction of sp³-hybridized carbons (Fsp3) is 0.333. The molecule has 1 heterocycles. The van der Waals surface area contributed by atoms with Gasteiger partial charge in [-0.3, -0.25) is 14.4 Å². The Morgan fingerprint density at radius 1 is 1.35 bits per heavy atom. The third-order valence-electron chi connectivity index (χ3n) is 2.52. The van der Waals surface area contributed by atoms with Gasteiger partial charge in [-0.15, -0.1) is 0 Å². The molecule has 0 unspecified atom stereocenters. The normalized spacial score (nSPS) is 11.6. The van der Waals surface area contributed by atoms with E-state index in [9.17, 15) is 19.2 Å². The summed E-state index contributed by atoms with van der Waals surface area (Å²) in [5.41, 5.74) is 4.64. The molecule has 0 saturated heterocycles. The maximum absolute atomic E-state index is 11.6. The first kappa shape index (κ1) is 15.4. The Bertz CT molecular complexity index is 566. The number of rotatable bonds is 7. The molecule has 0 bridgehead atoms. The summed E-state index contributed by atoms with van der Waals surface area (Å²) in [6, 6.07) is 3.22. The molecule has 0 aromatic carbocycles. The molecule has 8 nitrogen and oxygen atoms in total. The number of carbonyl (C=O) groups is 3. The molecule has 0 saturated carbocycles. The zero-order valence-corrected chi connectivity index (χ0v) is 10.6. The monoisotopic (exact) mass is 281 g/mol. The van der Waals surface area contributed by atoms with Crippen molar-refractivity contribution in [2.75, 3.05) is 0 Å². The van der Waals surface area contributed by atoms with Crippen LogP contribution in [-0.4, -0.2) is 33.5 Å². The van der Waals surface area contributed by atoms with E-state index in [0.717, 1.165) is 0 Å². The molecule has 1 aromatic rings. The van der Waals surface area contributed by atoms with Crippen LogP contribution in [0.2, 0.25) is 0 Å². The highest BCUT2D eigenvalue weighted by atomic mass is 16.4. The van der Waals surface area contributed by atoms with E-state index >= 15 is 0 Å². The van der Waals surface area contributed by atoms with Crippen molar-refractivity contribution < 1.29 is 19.5 Å². The lowest BCUT2D eigenvalue weighted by molar-refractivity contribution is -0.143. The molecule has 4 N–H and O–H groups in total. The topological polar surface area (TPSA) is 131 Å². The average Bonchev–Trinajstić information content (AvgIpc) is 2.36. The molecule has 8 heteroatoms. The van der Waals surface area contributed by atoms with Gasteiger partial charge in [0.1, 0.15) is 6.04 Å². The van der Waals surface area contributed by atoms with E-state index in [-0.39, 0.29) is 18.5 Å². The Hall–Kier alpha value is -2.64. The number of aryl methyl sites for hydroxylation is 1. The van der Waals surface area contributed by atoms with Gasteiger partial charge >= 0.3 is 5.97 Å². The number of carboxylic acids is 1. The van der Waals surface area contributed by atoms with Gasteiger partial charge in [-0.25, -0.2) is 4.79 Å². The number of carbonyl (C=O) groups excluding carboxylic acids is 2. The third-order valence-corrected chi connectivity index (χ3v) is 2.52. The standard InChI is InChI=1S/C12H15N3O5/c13-9(16)7-8(12(19)20)14-10(17)4-6-15-5-2-1-3-11(15)18/h1-3,5,8H,4,6-7H2,(H2,13,16)(H,14,17)(H,19,20)/t8-/m1/s1. The molecular weight excluding hydrogens is 266 g/mol. The number of aliphatic carboxylic acids is 1. The van der Waals surface area contributed by atoms with Crippen molar-refractivity contribution in [2.45, 2.75) is 25.4 Å². The largest absolute Gasteiger partial charge is 0.480 e. The summed E-state index contributed by atoms with van der Waals surface area (Å²) in [6.07, 6.45) is 0.965. The first-order chi connectivity index (χ1) is 9.40. The van der Waals surface area contributed by atoms with Crippen LogP contribution in [0.5, 0.6) is 0 Å². The number of carboxylic acid groups (broad SMARTS) is 1. The molecule has 1 aromatic heterocycles. The van der Waals surface area contributed by atoms with Gasteiger partial charge in [0.25, 0.3) is 5.56 Å². The number of nitrogens with two attached hydrogens (primary N) is 1. The third kappa shape index (κ3) is 4.92. The Morgan fingerprint density at radius 2 is 2.05 bits per heavy atom. The van der Waals surface area contributed by atoms with Gasteiger partial charge in [-0.2, -0.15) is 0 Å². The maximum atomic E-state index is 11.6. The van der Waals surface area contributed by atoms with Crippen molar-refractivity contribution in [1.29, 1.82) is 0 Å². The van der Waals surface area contributed by atoms with Gasteiger partial charge < -0.3 is 20.7 Å². The second-order valence-electron chi connectivity index (χ2n) is 4.11. The molecule has 0 spiro atoms. The quantitative estimate of drug-likeness (QED) is 0.570. The van der Waals surface area contributed by atoms with E-state index in [1.807, 2.05) is 0 Å². The van der Waals surface area contributed by atoms with Gasteiger partial charge in [0.15, 0.2) is 0 Å². The van der Waals surface area contributed by atoms with Gasteiger partial charge in [-0.1, -0.05) is 6.07 Å². The van der Waals surface area contributed by atoms with Crippen molar-refractivity contribution in [2.24, 2.45) is 5.73 Å². The molecular formula is C12H15N3O5. The van der Waals surface area contributed by atoms with Gasteiger partial charge in [0.05, 0.1) is 6.42 Å². The summed E-state index contributed by atoms with van der Waals surface area (Å²) in [4.78, 5) is 44.5. The summed E-state index contributed by atoms with van der Waals surface area (Å²) in [6.45, 7) is 0.119. The van der Waals surface area contributed by atoms with Crippen LogP contribution in [0.25, 0.3) is 0 Å². The molecule has 0 aliphatic rings. The first-order valence-corrected chi connectivity index (χ1v) is 5.86. The van der Waals surface area contributed by atoms with E-state index in [2.05, 4.69) is 5.32 Å². The lowest BCUT2D eigenvalue weighted by Crippen LogP contribution is -2.43. The van der Waals surface area contributed by atoms with Gasteiger partial charge in [0.2, 0.25) is 11.8 Å². The minimum absolute atomic E-state index is 0.0769. The predicted octanol–water partition coefficient (Wildman–Crippen LogP) is -1.32. The molecule has 0 fully saturated rings. The van der Waals surface area contributed by atoms with Gasteiger partial charge in [-0.05, 0) is 6.07 Å². The Balaban J connectivity index is 2.54. The molecule has 20 heavy (non-hydrogen) atoms. The zero-order chi connectivity index (χ0) is 15.1. The van der Waals surface area contributed by atoms with Crippen molar-refractivity contribution >= 4 is 17.8 Å². The number of amides is 2. The SMILES string of the molecule is NC(=O)C[C@@H](NC(=O)CCn1ccccc1=O)C(=O)O. The summed E-state index contributed by atoms with van der Waals surface area (Å²) in [7, 11) is 0. The Labute approximate surface area is 114 Å². The van der Waals surface area contributed by atoms with Crippen LogP contribution in [-0.2, 0) is 20.9 Å². The fourth-order valence-electron chi connectivity index (χ4n) is 1.54. The van der Waals surface area contributed by atoms with Gasteiger partial charge in [0, 0.05) is 25.2 Å². The summed E-state index contributed by atoms with van der Waals surface area (Å²) < 4.78 is 1.32. The molecule has 1 atom stereocenters. The van der Waals surface area contributed by atoms with Crippen LogP contribution in [0, 0.1) is 0 Å². The zero-order valence-electron chi connectivity index (χ0n) is 10.6. The van der Waals surface area contributed by atoms with Crippen LogP contribution in [0.4, 0.5) is 0 Å². The van der Waals surface area contributed by atoms with Crippen LogP contribution >= 0.6 is 0 Å². The van der Waals surface area contributed by atoms with Crippen LogP contribution < -0.4 is 16.6 Å². The van der Waals surface area contributed by atoms with Crippen molar-refractivity contribution in [3.63, 3.8) is 0 Å². The van der Waals surface area contributed by atoms with Crippen molar-refractivity contribution in [1.82, 2.24) is 9.88 Å². The first-order valence-electron chi connectivity index (χ1n) is 5.86. The predicted molar refractivity (Wildman–Crippen MR) is 68.7 cm³/mol. The fourth-order valence-corrected chi connectivity index (χ4v) is 1.54. The highest BCUT2D eigenvalue weighted by molar-refractivity contribution is 5.88. The minimum Gasteiger partial charge on any atom is -0.480 e. The smallest absolute Gasteiger partial charge is 0.326 e. The summed E-state index contributed by atoms with van der Waals surface area (Å²) in [5, 5.41) is 11.0. The highest BCUT2D eigenvalue weighted by Gasteiger charge is 2.21. The van der Waals surface area contributed by atoms with E-state index in [4.69, 9.17) is 10.8 Å². The molecule has 108 valence electrons. The lowest BCUT2D eigenvalue weighted by Gasteiger charge is -2.13. The van der Waals surface area contributed by atoms with E-state index in [1.54, 1.807) is 12.1 Å². The molecule has 1 rings (SSSR count). The van der Waals surface area contributed by atoms with Crippen LogP contribution in [0.15, 0.2) is 29.2 Å². The second kappa shape index (κ2) is 7.07. The lowest BCUT2D eigenvalue weighted by atomic mass is 10.2. The van der Waals surface area contributed by atoms with Crippen molar-refractivity contribution in [3.8, 4) is 0 Å². The minimum atomic E-state index is -1.35. The molecule has 0 radical (unpaired) electrons. The van der Waals surface area contributed by atoms with E-state index in [1.165, 1.54) is 16.8 Å². The number of nitrogens with zero attached hydrogens (tertiary/aromatic N) is 1. The molecule has 0 aliphatic carbocycles. The number of nitrogens with one attached hydrogen (secondary N) is 1. The van der Waals surface area contributed by atoms with Crippen LogP contribution in [0.1, 0.15) is 12.8 Å². The summed E-state index contributed by atoms with van der Waals surface area (Å²) in [5.74, 6) is -2.74. The van der Waals surface area contributed by atoms with Crippen molar-refractivity contribution in [3.05, 3.63) is 34.7 Å². The Morgan fingerprint density at radius 3 is 2.60 bits per heavy atom. The number of pyridine rings is 1. The molecule has 2 amide bonds. The second-order valence-corrected chi connectivity index (χ2v) is 4.11. The van der Waals surface area contributed by atoms with E-state index < -0.39 is 30.2 Å². The highest BCUT2D eigenvalue weighted by Crippen LogP contribution is 1.95. The van der Waals surface area contributed by atoms with E-state index in [0.29, 0.717) is 0 Å². The number of hydrogen-bond donors (Lipinski definition) is 3. The summed E-state index contributed by atoms with van der Waals surface area (Å²) >= 11 is 0. The number of aromatic nitrogens is 1. The molecule has 0 aliphatic heterocycles. The number of primary amides is 1. The van der Waals surface area contributed by atoms with Crippen LogP contribution in [0.3, 0.4) is 0 Å². The Kier molecular flexibility index (Phi) is 5.45. The maximum Gasteiger partial charge on any atom is 0.326 e. The number of hydrogen-bond acceptors (Lipinski definition) is 4.